The van der Waals surface area contributed by atoms with Gasteiger partial charge in [-0.25, -0.2) is 17.9 Å². The zero-order valence-electron chi connectivity index (χ0n) is 17.2. The van der Waals surface area contributed by atoms with Crippen molar-refractivity contribution in [2.24, 2.45) is 0 Å². The lowest BCUT2D eigenvalue weighted by atomic mass is 9.94. The lowest BCUT2D eigenvalue weighted by molar-refractivity contribution is 0.0606. The van der Waals surface area contributed by atoms with Crippen molar-refractivity contribution in [3.8, 4) is 0 Å². The molecule has 0 radical (unpaired) electrons. The third kappa shape index (κ3) is 4.41. The van der Waals surface area contributed by atoms with Crippen LogP contribution in [-0.4, -0.2) is 49.3 Å². The molecule has 0 fully saturated rings. The molecule has 0 saturated carbocycles. The molecule has 10 heteroatoms. The fourth-order valence-corrected chi connectivity index (χ4v) is 5.48. The molecule has 0 unspecified atom stereocenters. The smallest absolute Gasteiger partial charge is 0.337 e. The van der Waals surface area contributed by atoms with Crippen LogP contribution in [0.4, 0.5) is 0 Å². The standard InChI is InChI=1S/C23H19BrN2O6S/c24-15-9-10-19(18(13-15)23(29)30)33(31,32)25-11-1-2-12-26-21(27)16-7-3-5-14-6-4-8-17(20(14)16)22(26)28/h3-10,13,25H,1-2,11-12H2,(H,29,30). The number of halogens is 1. The Morgan fingerprint density at radius 1 is 0.970 bits per heavy atom. The molecule has 33 heavy (non-hydrogen) atoms. The third-order valence-corrected chi connectivity index (χ3v) is 7.43. The van der Waals surface area contributed by atoms with Crippen molar-refractivity contribution in [1.82, 2.24) is 9.62 Å². The average Bonchev–Trinajstić information content (AvgIpc) is 2.78. The SMILES string of the molecule is O=C(O)c1cc(Br)ccc1S(=O)(=O)NCCCCN1C(=O)c2cccc3cccc(c23)C1=O. The largest absolute Gasteiger partial charge is 0.478 e. The zero-order valence-corrected chi connectivity index (χ0v) is 19.6. The first-order chi connectivity index (χ1) is 15.7. The van der Waals surface area contributed by atoms with Crippen LogP contribution in [0.15, 0.2) is 64.0 Å². The molecule has 1 aliphatic heterocycles. The number of rotatable bonds is 8. The molecule has 2 N–H and O–H groups in total. The second-order valence-corrected chi connectivity index (χ2v) is 10.2. The first kappa shape index (κ1) is 23.1. The highest BCUT2D eigenvalue weighted by atomic mass is 79.9. The summed E-state index contributed by atoms with van der Waals surface area (Å²) in [4.78, 5) is 38.0. The Bertz CT molecular complexity index is 1350. The van der Waals surface area contributed by atoms with Crippen LogP contribution in [0.25, 0.3) is 10.8 Å². The molecule has 0 saturated heterocycles. The van der Waals surface area contributed by atoms with E-state index in [1.54, 1.807) is 24.3 Å². The summed E-state index contributed by atoms with van der Waals surface area (Å²) in [5, 5.41) is 10.8. The third-order valence-electron chi connectivity index (χ3n) is 5.42. The number of nitrogens with zero attached hydrogens (tertiary/aromatic N) is 1. The van der Waals surface area contributed by atoms with Gasteiger partial charge in [-0.1, -0.05) is 40.2 Å². The number of sulfonamides is 1. The summed E-state index contributed by atoms with van der Waals surface area (Å²) in [6.45, 7) is 0.169. The first-order valence-corrected chi connectivity index (χ1v) is 12.4. The number of nitrogens with one attached hydrogen (secondary N) is 1. The van der Waals surface area contributed by atoms with Gasteiger partial charge in [0.05, 0.1) is 10.5 Å². The van der Waals surface area contributed by atoms with E-state index in [9.17, 15) is 27.9 Å². The second kappa shape index (κ2) is 9.05. The van der Waals surface area contributed by atoms with Crippen molar-refractivity contribution >= 4 is 54.5 Å². The van der Waals surface area contributed by atoms with Crippen molar-refractivity contribution in [3.63, 3.8) is 0 Å². The van der Waals surface area contributed by atoms with Gasteiger partial charge in [-0.15, -0.1) is 0 Å². The van der Waals surface area contributed by atoms with E-state index in [0.29, 0.717) is 33.8 Å². The van der Waals surface area contributed by atoms with Crippen LogP contribution >= 0.6 is 15.9 Å². The minimum atomic E-state index is -4.05. The van der Waals surface area contributed by atoms with Crippen LogP contribution in [0.1, 0.15) is 43.9 Å². The van der Waals surface area contributed by atoms with E-state index in [2.05, 4.69) is 20.7 Å². The molecule has 1 heterocycles. The topological polar surface area (TPSA) is 121 Å². The number of hydrogen-bond donors (Lipinski definition) is 2. The monoisotopic (exact) mass is 530 g/mol. The number of aromatic carboxylic acids is 1. The van der Waals surface area contributed by atoms with Crippen LogP contribution in [-0.2, 0) is 10.0 Å². The van der Waals surface area contributed by atoms with Crippen LogP contribution in [0, 0.1) is 0 Å². The number of carbonyl (C=O) groups is 3. The quantitative estimate of drug-likeness (QED) is 0.338. The van der Waals surface area contributed by atoms with Gasteiger partial charge in [0, 0.05) is 34.1 Å². The van der Waals surface area contributed by atoms with Crippen LogP contribution in [0.2, 0.25) is 0 Å². The molecular formula is C23H19BrN2O6S. The molecule has 0 atom stereocenters. The molecule has 3 aromatic rings. The zero-order chi connectivity index (χ0) is 23.8. The minimum absolute atomic E-state index is 0.0276. The van der Waals surface area contributed by atoms with E-state index in [1.165, 1.54) is 23.1 Å². The molecule has 0 spiro atoms. The molecule has 8 nitrogen and oxygen atoms in total. The van der Waals surface area contributed by atoms with Crippen LogP contribution in [0.3, 0.4) is 0 Å². The summed E-state index contributed by atoms with van der Waals surface area (Å²) < 4.78 is 28.0. The fraction of sp³-hybridized carbons (Fsp3) is 0.174. The second-order valence-electron chi connectivity index (χ2n) is 7.52. The van der Waals surface area contributed by atoms with Gasteiger partial charge >= 0.3 is 5.97 Å². The number of imide groups is 1. The lowest BCUT2D eigenvalue weighted by Gasteiger charge is -2.27. The highest BCUT2D eigenvalue weighted by Crippen LogP contribution is 2.30. The van der Waals surface area contributed by atoms with E-state index < -0.39 is 16.0 Å². The van der Waals surface area contributed by atoms with Crippen molar-refractivity contribution in [2.45, 2.75) is 17.7 Å². The van der Waals surface area contributed by atoms with Gasteiger partial charge in [-0.05, 0) is 48.6 Å². The molecule has 0 aliphatic carbocycles. The van der Waals surface area contributed by atoms with Gasteiger partial charge < -0.3 is 5.11 Å². The maximum absolute atomic E-state index is 12.9. The Kier molecular flexibility index (Phi) is 6.33. The molecule has 0 bridgehead atoms. The Balaban J connectivity index is 1.40. The Hall–Kier alpha value is -3.08. The minimum Gasteiger partial charge on any atom is -0.478 e. The number of amides is 2. The summed E-state index contributed by atoms with van der Waals surface area (Å²) in [5.41, 5.74) is 0.605. The van der Waals surface area contributed by atoms with Gasteiger partial charge in [0.2, 0.25) is 10.0 Å². The average molecular weight is 531 g/mol. The van der Waals surface area contributed by atoms with Gasteiger partial charge in [-0.2, -0.15) is 0 Å². The van der Waals surface area contributed by atoms with E-state index in [-0.39, 0.29) is 35.4 Å². The normalized spacial score (nSPS) is 13.5. The highest BCUT2D eigenvalue weighted by Gasteiger charge is 2.32. The number of benzene rings is 3. The molecule has 4 rings (SSSR count). The predicted octanol–water partition coefficient (Wildman–Crippen LogP) is 3.66. The van der Waals surface area contributed by atoms with Gasteiger partial charge in [0.15, 0.2) is 0 Å². The maximum atomic E-state index is 12.9. The van der Waals surface area contributed by atoms with Gasteiger partial charge in [0.1, 0.15) is 0 Å². The lowest BCUT2D eigenvalue weighted by Crippen LogP contribution is -2.41. The van der Waals surface area contributed by atoms with Crippen molar-refractivity contribution < 1.29 is 27.9 Å². The van der Waals surface area contributed by atoms with Crippen molar-refractivity contribution in [2.75, 3.05) is 13.1 Å². The number of unbranched alkanes of at least 4 members (excludes halogenated alkanes) is 1. The van der Waals surface area contributed by atoms with Crippen molar-refractivity contribution in [3.05, 3.63) is 75.8 Å². The summed E-state index contributed by atoms with van der Waals surface area (Å²) in [7, 11) is -4.05. The van der Waals surface area contributed by atoms with Crippen LogP contribution < -0.4 is 4.72 Å². The maximum Gasteiger partial charge on any atom is 0.337 e. The number of carboxylic acid groups (broad SMARTS) is 1. The highest BCUT2D eigenvalue weighted by molar-refractivity contribution is 9.10. The fourth-order valence-electron chi connectivity index (χ4n) is 3.87. The number of carboxylic acids is 1. The molecule has 0 aromatic heterocycles. The molecular weight excluding hydrogens is 512 g/mol. The molecule has 3 aromatic carbocycles. The van der Waals surface area contributed by atoms with E-state index in [0.717, 1.165) is 5.39 Å². The van der Waals surface area contributed by atoms with Gasteiger partial charge in [-0.3, -0.25) is 14.5 Å². The van der Waals surface area contributed by atoms with E-state index in [4.69, 9.17) is 0 Å². The summed E-state index contributed by atoms with van der Waals surface area (Å²) in [6.07, 6.45) is 0.728. The Morgan fingerprint density at radius 3 is 2.21 bits per heavy atom. The first-order valence-electron chi connectivity index (χ1n) is 10.1. The summed E-state index contributed by atoms with van der Waals surface area (Å²) in [6, 6.07) is 14.5. The summed E-state index contributed by atoms with van der Waals surface area (Å²) >= 11 is 3.13. The van der Waals surface area contributed by atoms with Crippen molar-refractivity contribution in [1.29, 1.82) is 0 Å². The Morgan fingerprint density at radius 2 is 1.61 bits per heavy atom. The summed E-state index contributed by atoms with van der Waals surface area (Å²) in [5.74, 6) is -2.09. The Labute approximate surface area is 198 Å². The number of carbonyl (C=O) groups excluding carboxylic acids is 2. The predicted molar refractivity (Wildman–Crippen MR) is 125 cm³/mol. The van der Waals surface area contributed by atoms with Gasteiger partial charge in [0.25, 0.3) is 11.8 Å². The van der Waals surface area contributed by atoms with E-state index >= 15 is 0 Å². The molecule has 2 amide bonds. The van der Waals surface area contributed by atoms with E-state index in [1.807, 2.05) is 12.1 Å². The number of hydrogen-bond acceptors (Lipinski definition) is 5. The molecule has 1 aliphatic rings. The molecule has 170 valence electrons. The van der Waals surface area contributed by atoms with Crippen LogP contribution in [0.5, 0.6) is 0 Å².